The number of aliphatic hydroxyl groups is 1. The zero-order chi connectivity index (χ0) is 19.4. The molecule has 0 saturated carbocycles. The molecule has 4 rings (SSSR count). The maximum atomic E-state index is 10.3. The van der Waals surface area contributed by atoms with Crippen LogP contribution in [0.5, 0.6) is 0 Å². The van der Waals surface area contributed by atoms with Crippen molar-refractivity contribution < 1.29 is 9.76 Å². The SMILES string of the molecule is CC(C)(O)C(C)(C)O[B]c1ccc2c(sc3c4ccccc4ccc23)c1Cl. The third kappa shape index (κ3) is 3.15. The van der Waals surface area contributed by atoms with Crippen molar-refractivity contribution in [1.82, 2.24) is 0 Å². The molecule has 1 aromatic heterocycles. The van der Waals surface area contributed by atoms with Crippen LogP contribution in [0.3, 0.4) is 0 Å². The summed E-state index contributed by atoms with van der Waals surface area (Å²) in [7, 11) is 1.65. The van der Waals surface area contributed by atoms with Crippen molar-refractivity contribution in [3.63, 3.8) is 0 Å². The number of benzene rings is 3. The minimum absolute atomic E-state index is 0.685. The Labute approximate surface area is 169 Å². The van der Waals surface area contributed by atoms with Crippen LogP contribution >= 0.6 is 22.9 Å². The Morgan fingerprint density at radius 3 is 2.30 bits per heavy atom. The maximum Gasteiger partial charge on any atom is 0.332 e. The van der Waals surface area contributed by atoms with Crippen LogP contribution in [0, 0.1) is 0 Å². The lowest BCUT2D eigenvalue weighted by atomic mass is 9.82. The summed E-state index contributed by atoms with van der Waals surface area (Å²) in [6, 6.07) is 16.8. The Morgan fingerprint density at radius 1 is 0.889 bits per heavy atom. The third-order valence-corrected chi connectivity index (χ3v) is 7.25. The van der Waals surface area contributed by atoms with Gasteiger partial charge in [0, 0.05) is 15.5 Å². The highest BCUT2D eigenvalue weighted by Crippen LogP contribution is 2.40. The van der Waals surface area contributed by atoms with Gasteiger partial charge in [0.15, 0.2) is 0 Å². The number of thiophene rings is 1. The first-order valence-corrected chi connectivity index (χ1v) is 10.1. The monoisotopic (exact) mass is 395 g/mol. The number of hydrogen-bond donors (Lipinski definition) is 1. The smallest absolute Gasteiger partial charge is 0.332 e. The molecule has 0 atom stereocenters. The van der Waals surface area contributed by atoms with Gasteiger partial charge in [0.1, 0.15) is 0 Å². The van der Waals surface area contributed by atoms with Crippen molar-refractivity contribution in [2.75, 3.05) is 0 Å². The van der Waals surface area contributed by atoms with Crippen LogP contribution in [-0.2, 0) is 4.65 Å². The van der Waals surface area contributed by atoms with Gasteiger partial charge >= 0.3 is 7.48 Å². The second kappa shape index (κ2) is 6.49. The van der Waals surface area contributed by atoms with Gasteiger partial charge in [-0.2, -0.15) is 0 Å². The Kier molecular flexibility index (Phi) is 4.51. The topological polar surface area (TPSA) is 29.5 Å². The second-order valence-corrected chi connectivity index (χ2v) is 9.31. The normalized spacial score (nSPS) is 13.0. The first-order chi connectivity index (χ1) is 12.7. The molecule has 0 aliphatic rings. The molecule has 0 saturated heterocycles. The molecular weight excluding hydrogens is 375 g/mol. The molecule has 3 aromatic carbocycles. The highest BCUT2D eigenvalue weighted by molar-refractivity contribution is 7.27. The Balaban J connectivity index is 1.80. The molecule has 1 radical (unpaired) electrons. The lowest BCUT2D eigenvalue weighted by Crippen LogP contribution is -2.49. The van der Waals surface area contributed by atoms with Crippen LogP contribution in [0.25, 0.3) is 30.9 Å². The van der Waals surface area contributed by atoms with Crippen molar-refractivity contribution in [3.05, 3.63) is 53.6 Å². The Morgan fingerprint density at radius 2 is 1.56 bits per heavy atom. The predicted molar refractivity (Wildman–Crippen MR) is 119 cm³/mol. The van der Waals surface area contributed by atoms with Gasteiger partial charge in [-0.1, -0.05) is 60.1 Å². The average molecular weight is 396 g/mol. The summed E-state index contributed by atoms with van der Waals surface area (Å²) >= 11 is 8.46. The van der Waals surface area contributed by atoms with E-state index in [0.29, 0.717) is 5.02 Å². The van der Waals surface area contributed by atoms with Gasteiger partial charge in [-0.15, -0.1) is 11.3 Å². The van der Waals surface area contributed by atoms with Crippen LogP contribution in [0.2, 0.25) is 5.02 Å². The minimum Gasteiger partial charge on any atom is -0.427 e. The van der Waals surface area contributed by atoms with Crippen LogP contribution in [0.1, 0.15) is 27.7 Å². The van der Waals surface area contributed by atoms with E-state index in [4.69, 9.17) is 16.3 Å². The largest absolute Gasteiger partial charge is 0.427 e. The van der Waals surface area contributed by atoms with Crippen molar-refractivity contribution >= 4 is 66.8 Å². The fourth-order valence-electron chi connectivity index (χ4n) is 3.00. The second-order valence-electron chi connectivity index (χ2n) is 7.92. The van der Waals surface area contributed by atoms with E-state index in [9.17, 15) is 5.11 Å². The molecule has 27 heavy (non-hydrogen) atoms. The maximum absolute atomic E-state index is 10.3. The van der Waals surface area contributed by atoms with Crippen LogP contribution in [0.15, 0.2) is 48.5 Å². The molecule has 0 aliphatic heterocycles. The summed E-state index contributed by atoms with van der Waals surface area (Å²) in [5.74, 6) is 0. The third-order valence-electron chi connectivity index (χ3n) is 5.45. The zero-order valence-electron chi connectivity index (χ0n) is 15.8. The summed E-state index contributed by atoms with van der Waals surface area (Å²) in [6.45, 7) is 7.20. The number of rotatable bonds is 4. The van der Waals surface area contributed by atoms with Crippen molar-refractivity contribution in [2.24, 2.45) is 0 Å². The van der Waals surface area contributed by atoms with E-state index in [2.05, 4.69) is 42.5 Å². The first-order valence-electron chi connectivity index (χ1n) is 8.95. The van der Waals surface area contributed by atoms with Crippen LogP contribution in [0.4, 0.5) is 0 Å². The molecule has 0 amide bonds. The lowest BCUT2D eigenvalue weighted by molar-refractivity contribution is -0.0893. The van der Waals surface area contributed by atoms with Gasteiger partial charge in [0.2, 0.25) is 0 Å². The van der Waals surface area contributed by atoms with Gasteiger partial charge in [0.05, 0.1) is 20.9 Å². The van der Waals surface area contributed by atoms with Crippen LogP contribution in [-0.4, -0.2) is 23.8 Å². The molecule has 0 unspecified atom stereocenters. The number of halogens is 1. The summed E-state index contributed by atoms with van der Waals surface area (Å²) in [4.78, 5) is 0. The first kappa shape index (κ1) is 18.8. The lowest BCUT2D eigenvalue weighted by Gasteiger charge is -2.37. The summed E-state index contributed by atoms with van der Waals surface area (Å²) in [5.41, 5.74) is -0.893. The Bertz CT molecular complexity index is 1160. The van der Waals surface area contributed by atoms with E-state index in [1.165, 1.54) is 20.9 Å². The molecule has 0 bridgehead atoms. The molecule has 0 fully saturated rings. The quantitative estimate of drug-likeness (QED) is 0.451. The molecule has 0 aliphatic carbocycles. The summed E-state index contributed by atoms with van der Waals surface area (Å²) in [6.07, 6.45) is 0. The molecule has 2 nitrogen and oxygen atoms in total. The van der Waals surface area contributed by atoms with E-state index >= 15 is 0 Å². The van der Waals surface area contributed by atoms with Gasteiger partial charge in [-0.25, -0.2) is 0 Å². The fourth-order valence-corrected chi connectivity index (χ4v) is 4.60. The number of hydrogen-bond acceptors (Lipinski definition) is 3. The molecular formula is C22H21BClO2S. The van der Waals surface area contributed by atoms with Gasteiger partial charge in [0.25, 0.3) is 0 Å². The van der Waals surface area contributed by atoms with Crippen molar-refractivity contribution in [1.29, 1.82) is 0 Å². The standard InChI is InChI=1S/C22H21BClO2S/c1-21(2,25)22(3,4)26-23-17-12-11-16-15-10-9-13-7-5-6-8-14(13)19(15)27-20(16)18(17)24/h5-12,25H,1-4H3. The van der Waals surface area contributed by atoms with Gasteiger partial charge in [-0.05, 0) is 43.9 Å². The fraction of sp³-hybridized carbons (Fsp3) is 0.273. The van der Waals surface area contributed by atoms with E-state index in [-0.39, 0.29) is 0 Å². The molecule has 5 heteroatoms. The van der Waals surface area contributed by atoms with Crippen molar-refractivity contribution in [3.8, 4) is 0 Å². The average Bonchev–Trinajstić information content (AvgIpc) is 3.00. The molecule has 137 valence electrons. The van der Waals surface area contributed by atoms with Gasteiger partial charge in [-0.3, -0.25) is 0 Å². The zero-order valence-corrected chi connectivity index (χ0v) is 17.4. The molecule has 0 spiro atoms. The molecule has 4 aromatic rings. The Hall–Kier alpha value is -1.59. The van der Waals surface area contributed by atoms with E-state index in [1.54, 1.807) is 32.7 Å². The molecule has 1 N–H and O–H groups in total. The van der Waals surface area contributed by atoms with Crippen LogP contribution < -0.4 is 5.46 Å². The predicted octanol–water partition coefficient (Wildman–Crippen LogP) is 5.67. The van der Waals surface area contributed by atoms with E-state index in [1.807, 2.05) is 19.9 Å². The van der Waals surface area contributed by atoms with Gasteiger partial charge < -0.3 is 9.76 Å². The highest BCUT2D eigenvalue weighted by atomic mass is 35.5. The highest BCUT2D eigenvalue weighted by Gasteiger charge is 2.36. The van der Waals surface area contributed by atoms with Crippen molar-refractivity contribution in [2.45, 2.75) is 38.9 Å². The number of fused-ring (bicyclic) bond motifs is 5. The molecule has 1 heterocycles. The summed E-state index contributed by atoms with van der Waals surface area (Å²) in [5, 5.41) is 15.8. The van der Waals surface area contributed by atoms with E-state index in [0.717, 1.165) is 15.5 Å². The minimum atomic E-state index is -0.976. The summed E-state index contributed by atoms with van der Waals surface area (Å²) < 4.78 is 8.21. The van der Waals surface area contributed by atoms with E-state index < -0.39 is 11.2 Å².